The SMILES string of the molecule is CC(C)CCC(=O)N(Cc1ccc(O)cc1)Cc1ccc(F)cc1. The van der Waals surface area contributed by atoms with Crippen molar-refractivity contribution < 1.29 is 14.3 Å². The van der Waals surface area contributed by atoms with E-state index >= 15 is 0 Å². The van der Waals surface area contributed by atoms with Crippen LogP contribution in [0.15, 0.2) is 48.5 Å². The predicted octanol–water partition coefficient (Wildman–Crippen LogP) is 4.50. The standard InChI is InChI=1S/C20H24FNO2/c1-15(2)3-12-20(24)22(13-16-4-8-18(21)9-5-16)14-17-6-10-19(23)11-7-17/h4-11,15,23H,3,12-14H2,1-2H3. The van der Waals surface area contributed by atoms with Gasteiger partial charge in [0.2, 0.25) is 5.91 Å². The number of amides is 1. The lowest BCUT2D eigenvalue weighted by Crippen LogP contribution is -2.30. The first-order valence-electron chi connectivity index (χ1n) is 8.24. The van der Waals surface area contributed by atoms with Crippen molar-refractivity contribution in [2.75, 3.05) is 0 Å². The molecule has 2 aromatic rings. The minimum Gasteiger partial charge on any atom is -0.508 e. The van der Waals surface area contributed by atoms with Crippen molar-refractivity contribution in [3.63, 3.8) is 0 Å². The number of nitrogens with zero attached hydrogens (tertiary/aromatic N) is 1. The normalized spacial score (nSPS) is 10.8. The van der Waals surface area contributed by atoms with E-state index in [4.69, 9.17) is 0 Å². The number of carbonyl (C=O) groups excluding carboxylic acids is 1. The van der Waals surface area contributed by atoms with E-state index in [1.807, 2.05) is 12.1 Å². The van der Waals surface area contributed by atoms with Crippen molar-refractivity contribution in [1.29, 1.82) is 0 Å². The van der Waals surface area contributed by atoms with E-state index in [9.17, 15) is 14.3 Å². The fourth-order valence-electron chi connectivity index (χ4n) is 2.43. The highest BCUT2D eigenvalue weighted by atomic mass is 19.1. The number of hydrogen-bond donors (Lipinski definition) is 1. The van der Waals surface area contributed by atoms with Gasteiger partial charge in [-0.15, -0.1) is 0 Å². The first-order chi connectivity index (χ1) is 11.4. The lowest BCUT2D eigenvalue weighted by molar-refractivity contribution is -0.132. The number of hydrogen-bond acceptors (Lipinski definition) is 2. The predicted molar refractivity (Wildman–Crippen MR) is 92.8 cm³/mol. The lowest BCUT2D eigenvalue weighted by atomic mass is 10.1. The monoisotopic (exact) mass is 329 g/mol. The highest BCUT2D eigenvalue weighted by molar-refractivity contribution is 5.76. The van der Waals surface area contributed by atoms with Crippen LogP contribution >= 0.6 is 0 Å². The number of benzene rings is 2. The van der Waals surface area contributed by atoms with Gasteiger partial charge < -0.3 is 10.0 Å². The molecule has 0 saturated carbocycles. The smallest absolute Gasteiger partial charge is 0.223 e. The van der Waals surface area contributed by atoms with Gasteiger partial charge in [0.25, 0.3) is 0 Å². The van der Waals surface area contributed by atoms with E-state index < -0.39 is 0 Å². The maximum Gasteiger partial charge on any atom is 0.223 e. The van der Waals surface area contributed by atoms with Crippen LogP contribution in [0.4, 0.5) is 4.39 Å². The van der Waals surface area contributed by atoms with Crippen LogP contribution in [0.1, 0.15) is 37.8 Å². The summed E-state index contributed by atoms with van der Waals surface area (Å²) in [5, 5.41) is 9.39. The van der Waals surface area contributed by atoms with Gasteiger partial charge in [0.15, 0.2) is 0 Å². The number of phenols is 1. The fourth-order valence-corrected chi connectivity index (χ4v) is 2.43. The second-order valence-electron chi connectivity index (χ2n) is 6.48. The van der Waals surface area contributed by atoms with Crippen LogP contribution in [0.25, 0.3) is 0 Å². The third-order valence-electron chi connectivity index (χ3n) is 3.88. The van der Waals surface area contributed by atoms with Gasteiger partial charge in [-0.05, 0) is 47.7 Å². The van der Waals surface area contributed by atoms with Crippen molar-refractivity contribution >= 4 is 5.91 Å². The number of halogens is 1. The van der Waals surface area contributed by atoms with Crippen LogP contribution in [0, 0.1) is 11.7 Å². The Kier molecular flexibility index (Phi) is 6.36. The Hall–Kier alpha value is -2.36. The number of phenolic OH excluding ortho intramolecular Hbond substituents is 1. The summed E-state index contributed by atoms with van der Waals surface area (Å²) in [5.74, 6) is 0.473. The molecule has 0 unspecified atom stereocenters. The van der Waals surface area contributed by atoms with Crippen LogP contribution < -0.4 is 0 Å². The molecule has 3 nitrogen and oxygen atoms in total. The molecule has 0 aromatic heterocycles. The van der Waals surface area contributed by atoms with Crippen molar-refractivity contribution in [3.8, 4) is 5.75 Å². The van der Waals surface area contributed by atoms with Gasteiger partial charge >= 0.3 is 0 Å². The molecule has 0 spiro atoms. The molecule has 0 saturated heterocycles. The second kappa shape index (κ2) is 8.48. The van der Waals surface area contributed by atoms with Crippen LogP contribution in [-0.2, 0) is 17.9 Å². The molecule has 2 rings (SSSR count). The summed E-state index contributed by atoms with van der Waals surface area (Å²) in [6.45, 7) is 5.10. The van der Waals surface area contributed by atoms with Gasteiger partial charge in [0.05, 0.1) is 0 Å². The second-order valence-corrected chi connectivity index (χ2v) is 6.48. The molecule has 0 atom stereocenters. The topological polar surface area (TPSA) is 40.5 Å². The van der Waals surface area contributed by atoms with Crippen LogP contribution in [0.2, 0.25) is 0 Å². The zero-order chi connectivity index (χ0) is 17.5. The van der Waals surface area contributed by atoms with Crippen LogP contribution in [0.5, 0.6) is 5.75 Å². The van der Waals surface area contributed by atoms with E-state index in [0.29, 0.717) is 25.4 Å². The Morgan fingerprint density at radius 3 is 2.00 bits per heavy atom. The molecule has 128 valence electrons. The average Bonchev–Trinajstić information content (AvgIpc) is 2.56. The third kappa shape index (κ3) is 5.69. The number of aromatic hydroxyl groups is 1. The third-order valence-corrected chi connectivity index (χ3v) is 3.88. The average molecular weight is 329 g/mol. The summed E-state index contributed by atoms with van der Waals surface area (Å²) < 4.78 is 13.1. The first kappa shape index (κ1) is 18.0. The Bertz CT molecular complexity index is 603. The van der Waals surface area contributed by atoms with E-state index in [0.717, 1.165) is 17.5 Å². The van der Waals surface area contributed by atoms with Crippen molar-refractivity contribution in [3.05, 3.63) is 65.5 Å². The Morgan fingerprint density at radius 2 is 1.50 bits per heavy atom. The van der Waals surface area contributed by atoms with Crippen molar-refractivity contribution in [2.45, 2.75) is 39.8 Å². The molecule has 2 aromatic carbocycles. The molecule has 0 aliphatic heterocycles. The molecule has 0 heterocycles. The maximum atomic E-state index is 13.1. The van der Waals surface area contributed by atoms with Gasteiger partial charge in [-0.1, -0.05) is 38.1 Å². The van der Waals surface area contributed by atoms with E-state index in [1.54, 1.807) is 29.2 Å². The highest BCUT2D eigenvalue weighted by Gasteiger charge is 2.15. The Labute approximate surface area is 142 Å². The quantitative estimate of drug-likeness (QED) is 0.812. The minimum absolute atomic E-state index is 0.0844. The van der Waals surface area contributed by atoms with Crippen LogP contribution in [0.3, 0.4) is 0 Å². The molecule has 0 radical (unpaired) electrons. The summed E-state index contributed by atoms with van der Waals surface area (Å²) in [5.41, 5.74) is 1.85. The van der Waals surface area contributed by atoms with E-state index in [2.05, 4.69) is 13.8 Å². The molecule has 0 aliphatic carbocycles. The van der Waals surface area contributed by atoms with Gasteiger partial charge in [-0.3, -0.25) is 4.79 Å². The molecule has 24 heavy (non-hydrogen) atoms. The van der Waals surface area contributed by atoms with Gasteiger partial charge in [-0.2, -0.15) is 0 Å². The number of carbonyl (C=O) groups is 1. The van der Waals surface area contributed by atoms with Crippen molar-refractivity contribution in [2.24, 2.45) is 5.92 Å². The summed E-state index contributed by atoms with van der Waals surface area (Å²) in [6, 6.07) is 13.1. The van der Waals surface area contributed by atoms with Crippen molar-refractivity contribution in [1.82, 2.24) is 4.90 Å². The molecule has 4 heteroatoms. The zero-order valence-electron chi connectivity index (χ0n) is 14.2. The molecule has 0 aliphatic rings. The van der Waals surface area contributed by atoms with E-state index in [-0.39, 0.29) is 17.5 Å². The highest BCUT2D eigenvalue weighted by Crippen LogP contribution is 2.16. The molecular formula is C20H24FNO2. The summed E-state index contributed by atoms with van der Waals surface area (Å²) in [4.78, 5) is 14.4. The lowest BCUT2D eigenvalue weighted by Gasteiger charge is -2.23. The largest absolute Gasteiger partial charge is 0.508 e. The summed E-state index contributed by atoms with van der Waals surface area (Å²) in [6.07, 6.45) is 1.34. The van der Waals surface area contributed by atoms with Gasteiger partial charge in [-0.25, -0.2) is 4.39 Å². The minimum atomic E-state index is -0.282. The Balaban J connectivity index is 2.11. The molecule has 0 fully saturated rings. The zero-order valence-corrected chi connectivity index (χ0v) is 14.2. The summed E-state index contributed by atoms with van der Waals surface area (Å²) in [7, 11) is 0. The Morgan fingerprint density at radius 1 is 1.00 bits per heavy atom. The first-order valence-corrected chi connectivity index (χ1v) is 8.24. The van der Waals surface area contributed by atoms with Gasteiger partial charge in [0.1, 0.15) is 11.6 Å². The fraction of sp³-hybridized carbons (Fsp3) is 0.350. The molecule has 1 N–H and O–H groups in total. The molecule has 0 bridgehead atoms. The van der Waals surface area contributed by atoms with Gasteiger partial charge in [0, 0.05) is 19.5 Å². The maximum absolute atomic E-state index is 13.1. The summed E-state index contributed by atoms with van der Waals surface area (Å²) >= 11 is 0. The van der Waals surface area contributed by atoms with E-state index in [1.165, 1.54) is 12.1 Å². The number of rotatable bonds is 7. The molecular weight excluding hydrogens is 305 g/mol. The van der Waals surface area contributed by atoms with Crippen LogP contribution in [-0.4, -0.2) is 15.9 Å². The molecule has 1 amide bonds.